The number of nitrogens with zero attached hydrogens (tertiary/aromatic N) is 3. The van der Waals surface area contributed by atoms with Crippen molar-refractivity contribution in [2.45, 2.75) is 13.5 Å². The molecule has 0 atom stereocenters. The highest BCUT2D eigenvalue weighted by atomic mass is 35.5. The van der Waals surface area contributed by atoms with Gasteiger partial charge < -0.3 is 10.1 Å². The number of anilines is 1. The van der Waals surface area contributed by atoms with Crippen molar-refractivity contribution in [3.63, 3.8) is 0 Å². The van der Waals surface area contributed by atoms with Crippen LogP contribution in [0.2, 0.25) is 5.02 Å². The quantitative estimate of drug-likeness (QED) is 0.678. The van der Waals surface area contributed by atoms with E-state index >= 15 is 0 Å². The van der Waals surface area contributed by atoms with E-state index in [1.54, 1.807) is 18.8 Å². The van der Waals surface area contributed by atoms with Crippen LogP contribution in [0.4, 0.5) is 11.4 Å². The van der Waals surface area contributed by atoms with Crippen LogP contribution in [0, 0.1) is 17.0 Å². The van der Waals surface area contributed by atoms with Crippen LogP contribution in [0.3, 0.4) is 0 Å². The Bertz CT molecular complexity index is 684. The second-order valence-corrected chi connectivity index (χ2v) is 4.91. The molecule has 0 saturated carbocycles. The van der Waals surface area contributed by atoms with Crippen molar-refractivity contribution < 1.29 is 9.66 Å². The molecule has 0 saturated heterocycles. The number of rotatable bonds is 5. The molecule has 1 aromatic heterocycles. The van der Waals surface area contributed by atoms with E-state index in [2.05, 4.69) is 10.4 Å². The normalized spacial score (nSPS) is 10.5. The van der Waals surface area contributed by atoms with Gasteiger partial charge in [-0.1, -0.05) is 11.6 Å². The predicted octanol–water partition coefficient (Wildman–Crippen LogP) is 2.91. The van der Waals surface area contributed by atoms with Crippen LogP contribution < -0.4 is 10.1 Å². The summed E-state index contributed by atoms with van der Waals surface area (Å²) in [6.07, 6.45) is 0. The van der Waals surface area contributed by atoms with Gasteiger partial charge in [-0.15, -0.1) is 0 Å². The summed E-state index contributed by atoms with van der Waals surface area (Å²) in [4.78, 5) is 10.6. The third kappa shape index (κ3) is 3.08. The largest absolute Gasteiger partial charge is 0.481 e. The molecule has 0 aliphatic heterocycles. The van der Waals surface area contributed by atoms with Crippen molar-refractivity contribution in [2.75, 3.05) is 12.4 Å². The van der Waals surface area contributed by atoms with E-state index in [4.69, 9.17) is 16.3 Å². The van der Waals surface area contributed by atoms with Crippen LogP contribution in [-0.2, 0) is 13.6 Å². The van der Waals surface area contributed by atoms with E-state index < -0.39 is 4.92 Å². The molecule has 0 fully saturated rings. The van der Waals surface area contributed by atoms with Crippen molar-refractivity contribution in [2.24, 2.45) is 7.05 Å². The average Bonchev–Trinajstić information content (AvgIpc) is 2.69. The fourth-order valence-electron chi connectivity index (χ4n) is 2.13. The minimum atomic E-state index is -0.452. The second-order valence-electron chi connectivity index (χ2n) is 4.47. The van der Waals surface area contributed by atoms with E-state index in [1.807, 2.05) is 6.92 Å². The first-order valence-electron chi connectivity index (χ1n) is 6.18. The van der Waals surface area contributed by atoms with Gasteiger partial charge in [0.25, 0.3) is 5.69 Å². The molecule has 0 aliphatic carbocycles. The zero-order valence-corrected chi connectivity index (χ0v) is 12.6. The van der Waals surface area contributed by atoms with Crippen LogP contribution >= 0.6 is 11.6 Å². The van der Waals surface area contributed by atoms with Crippen LogP contribution in [0.5, 0.6) is 5.88 Å². The van der Waals surface area contributed by atoms with Gasteiger partial charge in [-0.3, -0.25) is 10.1 Å². The summed E-state index contributed by atoms with van der Waals surface area (Å²) >= 11 is 5.89. The Morgan fingerprint density at radius 2 is 2.24 bits per heavy atom. The Labute approximate surface area is 126 Å². The van der Waals surface area contributed by atoms with E-state index in [0.717, 1.165) is 11.3 Å². The first kappa shape index (κ1) is 15.1. The first-order valence-corrected chi connectivity index (χ1v) is 6.56. The van der Waals surface area contributed by atoms with Crippen LogP contribution in [-0.4, -0.2) is 21.8 Å². The van der Waals surface area contributed by atoms with Gasteiger partial charge in [-0.05, 0) is 19.1 Å². The number of nitro benzene ring substituents is 1. The predicted molar refractivity (Wildman–Crippen MR) is 79.9 cm³/mol. The molecule has 21 heavy (non-hydrogen) atoms. The lowest BCUT2D eigenvalue weighted by atomic mass is 10.2. The summed E-state index contributed by atoms with van der Waals surface area (Å²) < 4.78 is 6.91. The lowest BCUT2D eigenvalue weighted by molar-refractivity contribution is -0.384. The Balaban J connectivity index is 2.28. The number of nitrogens with one attached hydrogen (secondary N) is 1. The number of nitro groups is 1. The lowest BCUT2D eigenvalue weighted by Crippen LogP contribution is -2.05. The Kier molecular flexibility index (Phi) is 4.32. The molecule has 1 N–H and O–H groups in total. The molecule has 112 valence electrons. The van der Waals surface area contributed by atoms with Crippen molar-refractivity contribution in [1.82, 2.24) is 9.78 Å². The highest BCUT2D eigenvalue weighted by Crippen LogP contribution is 2.29. The molecule has 2 rings (SSSR count). The minimum Gasteiger partial charge on any atom is -0.481 e. The fraction of sp³-hybridized carbons (Fsp3) is 0.308. The number of benzene rings is 1. The molecule has 8 heteroatoms. The minimum absolute atomic E-state index is 0.0279. The molecule has 1 aromatic carbocycles. The zero-order chi connectivity index (χ0) is 15.6. The highest BCUT2D eigenvalue weighted by Gasteiger charge is 2.17. The zero-order valence-electron chi connectivity index (χ0n) is 11.9. The van der Waals surface area contributed by atoms with Gasteiger partial charge in [-0.2, -0.15) is 5.10 Å². The molecule has 7 nitrogen and oxygen atoms in total. The maximum absolute atomic E-state index is 11.0. The number of aromatic nitrogens is 2. The highest BCUT2D eigenvalue weighted by molar-refractivity contribution is 6.31. The second kappa shape index (κ2) is 6.01. The summed E-state index contributed by atoms with van der Waals surface area (Å²) in [5.74, 6) is 0.615. The Morgan fingerprint density at radius 3 is 2.86 bits per heavy atom. The topological polar surface area (TPSA) is 82.2 Å². The third-order valence-corrected chi connectivity index (χ3v) is 3.33. The standard InChI is InChI=1S/C13H15ClN4O3/c1-8-10(13(21-3)17(2)16-8)7-15-11-6-9(14)4-5-12(11)18(19)20/h4-6,15H,7H2,1-3H3. The van der Waals surface area contributed by atoms with Gasteiger partial charge in [0.15, 0.2) is 0 Å². The smallest absolute Gasteiger partial charge is 0.292 e. The van der Waals surface area contributed by atoms with Gasteiger partial charge in [0.2, 0.25) is 5.88 Å². The van der Waals surface area contributed by atoms with Gasteiger partial charge in [-0.25, -0.2) is 4.68 Å². The number of methoxy groups -OCH3 is 1. The molecular weight excluding hydrogens is 296 g/mol. The summed E-state index contributed by atoms with van der Waals surface area (Å²) in [5.41, 5.74) is 1.97. The van der Waals surface area contributed by atoms with Gasteiger partial charge in [0.1, 0.15) is 5.69 Å². The molecule has 0 bridgehead atoms. The van der Waals surface area contributed by atoms with Crippen LogP contribution in [0.15, 0.2) is 18.2 Å². The lowest BCUT2D eigenvalue weighted by Gasteiger charge is -2.09. The molecule has 0 unspecified atom stereocenters. The van der Waals surface area contributed by atoms with Crippen molar-refractivity contribution >= 4 is 23.0 Å². The number of hydrogen-bond acceptors (Lipinski definition) is 5. The third-order valence-electron chi connectivity index (χ3n) is 3.09. The van der Waals surface area contributed by atoms with E-state index in [1.165, 1.54) is 18.2 Å². The Morgan fingerprint density at radius 1 is 1.52 bits per heavy atom. The molecule has 1 heterocycles. The summed E-state index contributed by atoms with van der Waals surface area (Å²) in [7, 11) is 3.33. The molecular formula is C13H15ClN4O3. The summed E-state index contributed by atoms with van der Waals surface area (Å²) in [5, 5.41) is 18.7. The van der Waals surface area contributed by atoms with Crippen molar-refractivity contribution in [3.8, 4) is 5.88 Å². The molecule has 0 aliphatic rings. The number of ether oxygens (including phenoxy) is 1. The summed E-state index contributed by atoms with van der Waals surface area (Å²) in [6.45, 7) is 2.20. The Hall–Kier alpha value is -2.28. The monoisotopic (exact) mass is 310 g/mol. The number of hydrogen-bond donors (Lipinski definition) is 1. The van der Waals surface area contributed by atoms with Gasteiger partial charge in [0, 0.05) is 24.7 Å². The van der Waals surface area contributed by atoms with E-state index in [9.17, 15) is 10.1 Å². The maximum Gasteiger partial charge on any atom is 0.292 e. The molecule has 2 aromatic rings. The maximum atomic E-state index is 11.0. The molecule has 0 spiro atoms. The van der Waals surface area contributed by atoms with Crippen molar-refractivity contribution in [3.05, 3.63) is 44.6 Å². The first-order chi connectivity index (χ1) is 9.93. The van der Waals surface area contributed by atoms with Crippen LogP contribution in [0.1, 0.15) is 11.3 Å². The average molecular weight is 311 g/mol. The number of aryl methyl sites for hydroxylation is 2. The summed E-state index contributed by atoms with van der Waals surface area (Å²) in [6, 6.07) is 4.39. The number of halogens is 1. The van der Waals surface area contributed by atoms with E-state index in [-0.39, 0.29) is 5.69 Å². The van der Waals surface area contributed by atoms with Gasteiger partial charge >= 0.3 is 0 Å². The van der Waals surface area contributed by atoms with Gasteiger partial charge in [0.05, 0.1) is 23.3 Å². The molecule has 0 radical (unpaired) electrons. The fourth-order valence-corrected chi connectivity index (χ4v) is 2.30. The molecule has 0 amide bonds. The van der Waals surface area contributed by atoms with Crippen molar-refractivity contribution in [1.29, 1.82) is 0 Å². The SMILES string of the molecule is COc1c(CNc2cc(Cl)ccc2[N+](=O)[O-])c(C)nn1C. The van der Waals surface area contributed by atoms with E-state index in [0.29, 0.717) is 23.1 Å². The van der Waals surface area contributed by atoms with Crippen LogP contribution in [0.25, 0.3) is 0 Å².